The Morgan fingerprint density at radius 3 is 1.86 bits per heavy atom. The Balaban J connectivity index is 1.35. The summed E-state index contributed by atoms with van der Waals surface area (Å²) in [5.74, 6) is 0. The quantitative estimate of drug-likeness (QED) is 0.243. The normalized spacial score (nSPS) is 13.7. The highest BCUT2D eigenvalue weighted by atomic mass is 16.2. The summed E-state index contributed by atoms with van der Waals surface area (Å²) in [6, 6.07) is 15.9. The third-order valence-electron chi connectivity index (χ3n) is 6.59. The van der Waals surface area contributed by atoms with Crippen molar-refractivity contribution in [1.29, 1.82) is 0 Å². The van der Waals surface area contributed by atoms with Crippen LogP contribution in [0.15, 0.2) is 48.5 Å². The molecule has 0 saturated heterocycles. The van der Waals surface area contributed by atoms with Gasteiger partial charge in [-0.15, -0.1) is 0 Å². The first kappa shape index (κ1) is 26.6. The number of amides is 4. The van der Waals surface area contributed by atoms with Gasteiger partial charge in [-0.3, -0.25) is 0 Å². The third-order valence-corrected chi connectivity index (χ3v) is 6.59. The number of unbranched alkanes of at least 4 members (excludes halogenated alkanes) is 5. The standard InChI is InChI=1S/C29H42N4O2/c1-2-3-4-5-6-10-21-30-28(34)31-26-17-13-23(14-18-26)22-24-15-19-27(20-16-24)33-29(35)32-25-11-8-7-9-12-25/h13-20,25H,2-12,21-22H2,1H3,(H2,30,31,34)(H2,32,33,35). The molecule has 0 unspecified atom stereocenters. The van der Waals surface area contributed by atoms with E-state index in [2.05, 4.69) is 28.2 Å². The summed E-state index contributed by atoms with van der Waals surface area (Å²) in [6.45, 7) is 2.93. The maximum Gasteiger partial charge on any atom is 0.319 e. The lowest BCUT2D eigenvalue weighted by molar-refractivity contribution is 0.244. The van der Waals surface area contributed by atoms with Gasteiger partial charge in [-0.25, -0.2) is 9.59 Å². The lowest BCUT2D eigenvalue weighted by Crippen LogP contribution is -2.38. The van der Waals surface area contributed by atoms with Gasteiger partial charge in [0.15, 0.2) is 0 Å². The van der Waals surface area contributed by atoms with Crippen LogP contribution < -0.4 is 21.3 Å². The Morgan fingerprint density at radius 2 is 1.26 bits per heavy atom. The molecule has 4 N–H and O–H groups in total. The largest absolute Gasteiger partial charge is 0.338 e. The van der Waals surface area contributed by atoms with Crippen LogP contribution in [-0.2, 0) is 6.42 Å². The van der Waals surface area contributed by atoms with Gasteiger partial charge in [-0.1, -0.05) is 82.6 Å². The van der Waals surface area contributed by atoms with Crippen LogP contribution in [0.5, 0.6) is 0 Å². The van der Waals surface area contributed by atoms with Crippen molar-refractivity contribution in [3.8, 4) is 0 Å². The second kappa shape index (κ2) is 15.1. The van der Waals surface area contributed by atoms with Crippen LogP contribution in [-0.4, -0.2) is 24.6 Å². The maximum absolute atomic E-state index is 12.2. The molecule has 1 aliphatic carbocycles. The highest BCUT2D eigenvalue weighted by molar-refractivity contribution is 5.89. The van der Waals surface area contributed by atoms with Crippen molar-refractivity contribution in [2.45, 2.75) is 90.0 Å². The van der Waals surface area contributed by atoms with Gasteiger partial charge in [0.2, 0.25) is 0 Å². The fourth-order valence-electron chi connectivity index (χ4n) is 4.53. The minimum Gasteiger partial charge on any atom is -0.338 e. The van der Waals surface area contributed by atoms with Crippen molar-refractivity contribution in [3.63, 3.8) is 0 Å². The Kier molecular flexibility index (Phi) is 11.4. The smallest absolute Gasteiger partial charge is 0.319 e. The molecule has 1 fully saturated rings. The molecule has 0 aromatic heterocycles. The summed E-state index contributed by atoms with van der Waals surface area (Å²) in [5, 5.41) is 11.9. The Labute approximate surface area is 210 Å². The van der Waals surface area contributed by atoms with Crippen LogP contribution in [0.4, 0.5) is 21.0 Å². The van der Waals surface area contributed by atoms with E-state index in [0.717, 1.165) is 37.1 Å². The van der Waals surface area contributed by atoms with E-state index in [-0.39, 0.29) is 12.1 Å². The van der Waals surface area contributed by atoms with E-state index in [0.29, 0.717) is 12.6 Å². The Morgan fingerprint density at radius 1 is 0.714 bits per heavy atom. The zero-order chi connectivity index (χ0) is 24.7. The summed E-state index contributed by atoms with van der Waals surface area (Å²) in [4.78, 5) is 24.3. The van der Waals surface area contributed by atoms with E-state index in [9.17, 15) is 9.59 Å². The summed E-state index contributed by atoms with van der Waals surface area (Å²) in [5.41, 5.74) is 3.92. The van der Waals surface area contributed by atoms with Crippen molar-refractivity contribution in [2.24, 2.45) is 0 Å². The highest BCUT2D eigenvalue weighted by Gasteiger charge is 2.15. The molecule has 2 aromatic rings. The fourth-order valence-corrected chi connectivity index (χ4v) is 4.53. The average Bonchev–Trinajstić information content (AvgIpc) is 2.86. The van der Waals surface area contributed by atoms with Gasteiger partial charge in [0.25, 0.3) is 0 Å². The molecule has 0 heterocycles. The van der Waals surface area contributed by atoms with Crippen LogP contribution in [0.25, 0.3) is 0 Å². The van der Waals surface area contributed by atoms with Crippen molar-refractivity contribution in [1.82, 2.24) is 10.6 Å². The molecule has 0 bridgehead atoms. The second-order valence-corrected chi connectivity index (χ2v) is 9.65. The first-order chi connectivity index (χ1) is 17.1. The molecule has 0 atom stereocenters. The lowest BCUT2D eigenvalue weighted by Gasteiger charge is -2.22. The van der Waals surface area contributed by atoms with Gasteiger partial charge in [0.05, 0.1) is 0 Å². The van der Waals surface area contributed by atoms with Crippen LogP contribution in [0.1, 0.15) is 88.7 Å². The molecule has 4 amide bonds. The second-order valence-electron chi connectivity index (χ2n) is 9.65. The number of carbonyl (C=O) groups excluding carboxylic acids is 2. The Hall–Kier alpha value is -3.02. The topological polar surface area (TPSA) is 82.3 Å². The molecular weight excluding hydrogens is 436 g/mol. The van der Waals surface area contributed by atoms with E-state index in [1.165, 1.54) is 62.5 Å². The number of urea groups is 2. The number of hydrogen-bond donors (Lipinski definition) is 4. The monoisotopic (exact) mass is 478 g/mol. The van der Waals surface area contributed by atoms with Crippen molar-refractivity contribution < 1.29 is 9.59 Å². The predicted molar refractivity (Wildman–Crippen MR) is 145 cm³/mol. The number of carbonyl (C=O) groups is 2. The van der Waals surface area contributed by atoms with Gasteiger partial charge in [0.1, 0.15) is 0 Å². The molecule has 6 heteroatoms. The molecular formula is C29H42N4O2. The van der Waals surface area contributed by atoms with E-state index in [1.54, 1.807) is 0 Å². The van der Waals surface area contributed by atoms with Crippen LogP contribution in [0.2, 0.25) is 0 Å². The zero-order valence-corrected chi connectivity index (χ0v) is 21.2. The van der Waals surface area contributed by atoms with Crippen molar-refractivity contribution in [2.75, 3.05) is 17.2 Å². The van der Waals surface area contributed by atoms with Gasteiger partial charge < -0.3 is 21.3 Å². The first-order valence-corrected chi connectivity index (χ1v) is 13.4. The zero-order valence-electron chi connectivity index (χ0n) is 21.2. The van der Waals surface area contributed by atoms with Crippen molar-refractivity contribution >= 4 is 23.4 Å². The van der Waals surface area contributed by atoms with E-state index in [4.69, 9.17) is 0 Å². The average molecular weight is 479 g/mol. The molecule has 1 aliphatic rings. The molecule has 3 rings (SSSR count). The molecule has 190 valence electrons. The number of nitrogens with one attached hydrogen (secondary N) is 4. The van der Waals surface area contributed by atoms with Crippen molar-refractivity contribution in [3.05, 3.63) is 59.7 Å². The van der Waals surface area contributed by atoms with Gasteiger partial charge >= 0.3 is 12.1 Å². The molecule has 1 saturated carbocycles. The summed E-state index contributed by atoms with van der Waals surface area (Å²) >= 11 is 0. The van der Waals surface area contributed by atoms with Gasteiger partial charge in [-0.05, 0) is 61.1 Å². The van der Waals surface area contributed by atoms with E-state index < -0.39 is 0 Å². The van der Waals surface area contributed by atoms with Crippen LogP contribution in [0, 0.1) is 0 Å². The summed E-state index contributed by atoms with van der Waals surface area (Å²) in [6.07, 6.45) is 13.9. The first-order valence-electron chi connectivity index (χ1n) is 13.4. The minimum atomic E-state index is -0.151. The highest BCUT2D eigenvalue weighted by Crippen LogP contribution is 2.18. The predicted octanol–water partition coefficient (Wildman–Crippen LogP) is 7.21. The SMILES string of the molecule is CCCCCCCCNC(=O)Nc1ccc(Cc2ccc(NC(=O)NC3CCCCC3)cc2)cc1. The molecule has 0 aliphatic heterocycles. The van der Waals surface area contributed by atoms with Gasteiger partial charge in [-0.2, -0.15) is 0 Å². The summed E-state index contributed by atoms with van der Waals surface area (Å²) in [7, 11) is 0. The van der Waals surface area contributed by atoms with Gasteiger partial charge in [0, 0.05) is 24.0 Å². The van der Waals surface area contributed by atoms with E-state index >= 15 is 0 Å². The lowest BCUT2D eigenvalue weighted by atomic mass is 9.96. The van der Waals surface area contributed by atoms with Crippen LogP contribution in [0.3, 0.4) is 0 Å². The fraction of sp³-hybridized carbons (Fsp3) is 0.517. The number of rotatable bonds is 12. The molecule has 0 spiro atoms. The third kappa shape index (κ3) is 10.4. The molecule has 2 aromatic carbocycles. The van der Waals surface area contributed by atoms with Crippen LogP contribution >= 0.6 is 0 Å². The Bertz CT molecular complexity index is 890. The summed E-state index contributed by atoms with van der Waals surface area (Å²) < 4.78 is 0. The minimum absolute atomic E-state index is 0.122. The number of anilines is 2. The molecule has 6 nitrogen and oxygen atoms in total. The number of benzene rings is 2. The number of hydrogen-bond acceptors (Lipinski definition) is 2. The van der Waals surface area contributed by atoms with E-state index in [1.807, 2.05) is 48.5 Å². The maximum atomic E-state index is 12.2. The molecule has 0 radical (unpaired) electrons. The molecule has 35 heavy (non-hydrogen) atoms.